The zero-order valence-electron chi connectivity index (χ0n) is 9.67. The van der Waals surface area contributed by atoms with E-state index in [9.17, 15) is 9.50 Å². The summed E-state index contributed by atoms with van der Waals surface area (Å²) < 4.78 is 13.9. The first-order chi connectivity index (χ1) is 7.97. The molecule has 1 rings (SSSR count). The Kier molecular flexibility index (Phi) is 4.91. The molecule has 1 unspecified atom stereocenters. The molecule has 0 amide bonds. The van der Waals surface area contributed by atoms with Gasteiger partial charge in [0.1, 0.15) is 6.07 Å². The molecule has 0 saturated heterocycles. The van der Waals surface area contributed by atoms with E-state index in [1.165, 1.54) is 12.1 Å². The fourth-order valence-corrected chi connectivity index (χ4v) is 1.66. The third-order valence-electron chi connectivity index (χ3n) is 2.47. The predicted octanol–water partition coefficient (Wildman–Crippen LogP) is 2.89. The number of benzene rings is 1. The summed E-state index contributed by atoms with van der Waals surface area (Å²) in [6, 6.07) is 4.90. The van der Waals surface area contributed by atoms with Crippen LogP contribution in [-0.4, -0.2) is 17.8 Å². The summed E-state index contributed by atoms with van der Waals surface area (Å²) in [5.41, 5.74) is 0.521. The van der Waals surface area contributed by atoms with Crippen molar-refractivity contribution in [3.05, 3.63) is 28.0 Å². The predicted molar refractivity (Wildman–Crippen MR) is 68.1 cm³/mol. The molecule has 2 N–H and O–H groups in total. The molecule has 0 spiro atoms. The lowest BCUT2D eigenvalue weighted by Crippen LogP contribution is -2.25. The fourth-order valence-electron chi connectivity index (χ4n) is 1.22. The van der Waals surface area contributed by atoms with Crippen molar-refractivity contribution in [2.24, 2.45) is 5.92 Å². The van der Waals surface area contributed by atoms with E-state index in [2.05, 4.69) is 21.2 Å². The maximum Gasteiger partial charge on any atom is 0.161 e. The van der Waals surface area contributed by atoms with Gasteiger partial charge in [-0.3, -0.25) is 0 Å². The van der Waals surface area contributed by atoms with Crippen LogP contribution in [0, 0.1) is 23.1 Å². The molecule has 1 aromatic carbocycles. The highest BCUT2D eigenvalue weighted by atomic mass is 79.9. The number of nitriles is 1. The van der Waals surface area contributed by atoms with Crippen molar-refractivity contribution in [3.8, 4) is 6.07 Å². The molecule has 5 heteroatoms. The summed E-state index contributed by atoms with van der Waals surface area (Å²) in [5, 5.41) is 21.1. The van der Waals surface area contributed by atoms with Crippen LogP contribution < -0.4 is 5.32 Å². The molecule has 0 bridgehead atoms. The van der Waals surface area contributed by atoms with Gasteiger partial charge >= 0.3 is 0 Å². The van der Waals surface area contributed by atoms with Crippen molar-refractivity contribution in [3.63, 3.8) is 0 Å². The Morgan fingerprint density at radius 3 is 2.71 bits per heavy atom. The van der Waals surface area contributed by atoms with E-state index in [0.717, 1.165) is 0 Å². The Labute approximate surface area is 108 Å². The highest BCUT2D eigenvalue weighted by molar-refractivity contribution is 9.10. The van der Waals surface area contributed by atoms with Crippen molar-refractivity contribution >= 4 is 21.6 Å². The van der Waals surface area contributed by atoms with Crippen LogP contribution in [0.3, 0.4) is 0 Å². The second kappa shape index (κ2) is 5.99. The number of rotatable bonds is 4. The first-order valence-electron chi connectivity index (χ1n) is 5.27. The lowest BCUT2D eigenvalue weighted by molar-refractivity contribution is 0.138. The average Bonchev–Trinajstić information content (AvgIpc) is 2.30. The van der Waals surface area contributed by atoms with Crippen LogP contribution in [0.25, 0.3) is 0 Å². The number of aliphatic hydroxyl groups is 1. The maximum absolute atomic E-state index is 13.8. The van der Waals surface area contributed by atoms with Crippen LogP contribution >= 0.6 is 15.9 Å². The van der Waals surface area contributed by atoms with E-state index in [0.29, 0.717) is 0 Å². The monoisotopic (exact) mass is 300 g/mol. The lowest BCUT2D eigenvalue weighted by Gasteiger charge is -2.16. The highest BCUT2D eigenvalue weighted by Crippen LogP contribution is 2.26. The number of anilines is 1. The summed E-state index contributed by atoms with van der Waals surface area (Å²) in [6.45, 7) is 4.04. The van der Waals surface area contributed by atoms with Crippen LogP contribution in [0.15, 0.2) is 16.6 Å². The van der Waals surface area contributed by atoms with Gasteiger partial charge in [0.25, 0.3) is 0 Å². The van der Waals surface area contributed by atoms with Crippen LogP contribution in [0.2, 0.25) is 0 Å². The van der Waals surface area contributed by atoms with Gasteiger partial charge in [-0.1, -0.05) is 13.8 Å². The third-order valence-corrected chi connectivity index (χ3v) is 3.25. The van der Waals surface area contributed by atoms with Gasteiger partial charge in [0.2, 0.25) is 0 Å². The summed E-state index contributed by atoms with van der Waals surface area (Å²) in [5.74, 6) is -0.410. The SMILES string of the molecule is CC(C)C(O)CNc1ccc(C#N)c(Br)c1F. The molecule has 1 aromatic rings. The Bertz CT molecular complexity index is 443. The van der Waals surface area contributed by atoms with Gasteiger partial charge in [0, 0.05) is 6.54 Å². The van der Waals surface area contributed by atoms with E-state index in [4.69, 9.17) is 5.26 Å². The summed E-state index contributed by atoms with van der Waals surface area (Å²) in [6.07, 6.45) is -0.538. The molecule has 0 heterocycles. The first kappa shape index (κ1) is 13.9. The Morgan fingerprint density at radius 2 is 2.18 bits per heavy atom. The quantitative estimate of drug-likeness (QED) is 0.899. The van der Waals surface area contributed by atoms with Gasteiger partial charge in [-0.05, 0) is 34.0 Å². The molecule has 92 valence electrons. The van der Waals surface area contributed by atoms with E-state index in [1.54, 1.807) is 0 Å². The topological polar surface area (TPSA) is 56.0 Å². The minimum Gasteiger partial charge on any atom is -0.391 e. The van der Waals surface area contributed by atoms with Crippen molar-refractivity contribution in [1.82, 2.24) is 0 Å². The zero-order chi connectivity index (χ0) is 13.0. The molecule has 0 radical (unpaired) electrons. The molecular formula is C12H14BrFN2O. The number of aliphatic hydroxyl groups excluding tert-OH is 1. The standard InChI is InChI=1S/C12H14BrFN2O/c1-7(2)10(17)6-16-9-4-3-8(5-15)11(13)12(9)14/h3-4,7,10,16-17H,6H2,1-2H3. The van der Waals surface area contributed by atoms with Gasteiger partial charge in [0.05, 0.1) is 21.8 Å². The zero-order valence-corrected chi connectivity index (χ0v) is 11.3. The van der Waals surface area contributed by atoms with Crippen molar-refractivity contribution in [1.29, 1.82) is 5.26 Å². The van der Waals surface area contributed by atoms with Gasteiger partial charge in [-0.15, -0.1) is 0 Å². The van der Waals surface area contributed by atoms with Gasteiger partial charge in [0.15, 0.2) is 5.82 Å². The van der Waals surface area contributed by atoms with Crippen LogP contribution in [-0.2, 0) is 0 Å². The first-order valence-corrected chi connectivity index (χ1v) is 6.06. The smallest absolute Gasteiger partial charge is 0.161 e. The molecule has 0 fully saturated rings. The van der Waals surface area contributed by atoms with E-state index >= 15 is 0 Å². The molecule has 0 aliphatic carbocycles. The number of nitrogens with one attached hydrogen (secondary N) is 1. The molecule has 17 heavy (non-hydrogen) atoms. The lowest BCUT2D eigenvalue weighted by atomic mass is 10.1. The molecule has 3 nitrogen and oxygen atoms in total. The Balaban J connectivity index is 2.81. The van der Waals surface area contributed by atoms with Crippen LogP contribution in [0.4, 0.5) is 10.1 Å². The van der Waals surface area contributed by atoms with Crippen molar-refractivity contribution in [2.75, 3.05) is 11.9 Å². The second-order valence-corrected chi connectivity index (χ2v) is 4.89. The normalized spacial score (nSPS) is 12.3. The highest BCUT2D eigenvalue weighted by Gasteiger charge is 2.13. The average molecular weight is 301 g/mol. The Morgan fingerprint density at radius 1 is 1.53 bits per heavy atom. The maximum atomic E-state index is 13.8. The van der Waals surface area contributed by atoms with E-state index in [1.807, 2.05) is 19.9 Å². The molecule has 0 aromatic heterocycles. The van der Waals surface area contributed by atoms with E-state index in [-0.39, 0.29) is 28.2 Å². The van der Waals surface area contributed by atoms with Crippen molar-refractivity contribution < 1.29 is 9.50 Å². The third kappa shape index (κ3) is 3.42. The van der Waals surface area contributed by atoms with Gasteiger partial charge in [-0.2, -0.15) is 5.26 Å². The number of nitrogens with zero attached hydrogens (tertiary/aromatic N) is 1. The van der Waals surface area contributed by atoms with Crippen LogP contribution in [0.5, 0.6) is 0 Å². The fraction of sp³-hybridized carbons (Fsp3) is 0.417. The van der Waals surface area contributed by atoms with Crippen molar-refractivity contribution in [2.45, 2.75) is 20.0 Å². The summed E-state index contributed by atoms with van der Waals surface area (Å²) in [4.78, 5) is 0. The van der Waals surface area contributed by atoms with Crippen LogP contribution in [0.1, 0.15) is 19.4 Å². The number of hydrogen-bond donors (Lipinski definition) is 2. The summed E-state index contributed by atoms with van der Waals surface area (Å²) >= 11 is 3.03. The largest absolute Gasteiger partial charge is 0.391 e. The minimum absolute atomic E-state index is 0.104. The molecule has 1 atom stereocenters. The van der Waals surface area contributed by atoms with Gasteiger partial charge in [-0.25, -0.2) is 4.39 Å². The molecule has 0 aliphatic heterocycles. The van der Waals surface area contributed by atoms with Gasteiger partial charge < -0.3 is 10.4 Å². The van der Waals surface area contributed by atoms with E-state index < -0.39 is 11.9 Å². The number of halogens is 2. The Hall–Kier alpha value is -1.12. The molecule has 0 saturated carbocycles. The molecule has 0 aliphatic rings. The second-order valence-electron chi connectivity index (χ2n) is 4.09. The summed E-state index contributed by atoms with van der Waals surface area (Å²) in [7, 11) is 0. The minimum atomic E-state index is -0.538. The molecular weight excluding hydrogens is 287 g/mol. The number of hydrogen-bond acceptors (Lipinski definition) is 3.